The Hall–Kier alpha value is -2.43. The summed E-state index contributed by atoms with van der Waals surface area (Å²) in [6.45, 7) is 0.137. The van der Waals surface area contributed by atoms with E-state index in [1.165, 1.54) is 45.5 Å². The van der Waals surface area contributed by atoms with Gasteiger partial charge in [-0.2, -0.15) is 0 Å². The SMILES string of the molecule is COc1ccc(C(=O)NCc2ccc(C(=O)O)s2)cc1S(=O)(=O)N(C)C. The molecule has 0 fully saturated rings. The van der Waals surface area contributed by atoms with E-state index in [2.05, 4.69) is 5.32 Å². The molecule has 0 saturated heterocycles. The fraction of sp³-hybridized carbons (Fsp3) is 0.250. The van der Waals surface area contributed by atoms with Crippen LogP contribution in [0.3, 0.4) is 0 Å². The number of ether oxygens (including phenoxy) is 1. The largest absolute Gasteiger partial charge is 0.495 e. The van der Waals surface area contributed by atoms with Crippen LogP contribution >= 0.6 is 11.3 Å². The van der Waals surface area contributed by atoms with E-state index >= 15 is 0 Å². The Morgan fingerprint density at radius 2 is 1.92 bits per heavy atom. The number of aromatic carboxylic acids is 1. The number of sulfonamides is 1. The number of carbonyl (C=O) groups is 2. The molecular weight excluding hydrogens is 380 g/mol. The molecule has 0 aliphatic carbocycles. The first-order chi connectivity index (χ1) is 12.2. The highest BCUT2D eigenvalue weighted by Gasteiger charge is 2.24. The van der Waals surface area contributed by atoms with E-state index in [0.717, 1.165) is 15.6 Å². The van der Waals surface area contributed by atoms with Crippen LogP contribution in [0.2, 0.25) is 0 Å². The topological polar surface area (TPSA) is 113 Å². The lowest BCUT2D eigenvalue weighted by Gasteiger charge is -2.15. The van der Waals surface area contributed by atoms with Crippen LogP contribution in [0, 0.1) is 0 Å². The smallest absolute Gasteiger partial charge is 0.345 e. The van der Waals surface area contributed by atoms with Crippen LogP contribution in [0.25, 0.3) is 0 Å². The first kappa shape index (κ1) is 19.9. The molecule has 10 heteroatoms. The van der Waals surface area contributed by atoms with Crippen molar-refractivity contribution in [2.45, 2.75) is 11.4 Å². The molecule has 2 aromatic rings. The zero-order valence-corrected chi connectivity index (χ0v) is 16.0. The van der Waals surface area contributed by atoms with Crippen molar-refractivity contribution in [1.82, 2.24) is 9.62 Å². The van der Waals surface area contributed by atoms with Crippen LogP contribution in [0.4, 0.5) is 0 Å². The average Bonchev–Trinajstić information content (AvgIpc) is 3.08. The molecule has 0 aliphatic rings. The van der Waals surface area contributed by atoms with E-state index in [-0.39, 0.29) is 27.6 Å². The van der Waals surface area contributed by atoms with Crippen molar-refractivity contribution in [3.63, 3.8) is 0 Å². The third-order valence-corrected chi connectivity index (χ3v) is 6.39. The van der Waals surface area contributed by atoms with Crippen molar-refractivity contribution >= 4 is 33.2 Å². The summed E-state index contributed by atoms with van der Waals surface area (Å²) < 4.78 is 30.9. The molecule has 0 atom stereocenters. The maximum absolute atomic E-state index is 12.4. The molecular formula is C16H18N2O6S2. The quantitative estimate of drug-likeness (QED) is 0.733. The number of amides is 1. The Morgan fingerprint density at radius 1 is 1.23 bits per heavy atom. The highest BCUT2D eigenvalue weighted by atomic mass is 32.2. The lowest BCUT2D eigenvalue weighted by Crippen LogP contribution is -2.25. The Kier molecular flexibility index (Phi) is 6.01. The van der Waals surface area contributed by atoms with Crippen molar-refractivity contribution < 1.29 is 27.9 Å². The zero-order valence-electron chi connectivity index (χ0n) is 14.3. The van der Waals surface area contributed by atoms with Gasteiger partial charge >= 0.3 is 5.97 Å². The number of carboxylic acid groups (broad SMARTS) is 1. The van der Waals surface area contributed by atoms with Gasteiger partial charge in [-0.05, 0) is 30.3 Å². The van der Waals surface area contributed by atoms with Crippen LogP contribution in [-0.4, -0.2) is 50.9 Å². The van der Waals surface area contributed by atoms with Gasteiger partial charge in [0, 0.05) is 24.5 Å². The van der Waals surface area contributed by atoms with Crippen LogP contribution in [-0.2, 0) is 16.6 Å². The van der Waals surface area contributed by atoms with Crippen molar-refractivity contribution in [2.75, 3.05) is 21.2 Å². The summed E-state index contributed by atoms with van der Waals surface area (Å²) in [5, 5.41) is 11.5. The monoisotopic (exact) mass is 398 g/mol. The lowest BCUT2D eigenvalue weighted by atomic mass is 10.2. The summed E-state index contributed by atoms with van der Waals surface area (Å²) >= 11 is 1.06. The van der Waals surface area contributed by atoms with Crippen LogP contribution < -0.4 is 10.1 Å². The maximum atomic E-state index is 12.4. The van der Waals surface area contributed by atoms with Gasteiger partial charge in [0.25, 0.3) is 5.91 Å². The van der Waals surface area contributed by atoms with E-state index in [9.17, 15) is 18.0 Å². The number of hydrogen-bond acceptors (Lipinski definition) is 6. The van der Waals surface area contributed by atoms with Crippen LogP contribution in [0.5, 0.6) is 5.75 Å². The van der Waals surface area contributed by atoms with Crippen molar-refractivity contribution in [3.8, 4) is 5.75 Å². The minimum Gasteiger partial charge on any atom is -0.495 e. The molecule has 0 radical (unpaired) electrons. The third-order valence-electron chi connectivity index (χ3n) is 3.48. The van der Waals surface area contributed by atoms with Crippen molar-refractivity contribution in [2.24, 2.45) is 0 Å². The van der Waals surface area contributed by atoms with E-state index in [0.29, 0.717) is 4.88 Å². The number of benzene rings is 1. The summed E-state index contributed by atoms with van der Waals surface area (Å²) in [6.07, 6.45) is 0. The average molecular weight is 398 g/mol. The van der Waals surface area contributed by atoms with Gasteiger partial charge < -0.3 is 15.2 Å². The number of methoxy groups -OCH3 is 1. The number of thiophene rings is 1. The Morgan fingerprint density at radius 3 is 2.46 bits per heavy atom. The molecule has 1 aromatic carbocycles. The number of carboxylic acids is 1. The highest BCUT2D eigenvalue weighted by molar-refractivity contribution is 7.89. The molecule has 2 N–H and O–H groups in total. The van der Waals surface area contributed by atoms with Gasteiger partial charge in [-0.3, -0.25) is 4.79 Å². The Bertz CT molecular complexity index is 934. The zero-order chi connectivity index (χ0) is 19.5. The van der Waals surface area contributed by atoms with Gasteiger partial charge in [0.15, 0.2) is 0 Å². The van der Waals surface area contributed by atoms with Gasteiger partial charge in [0.05, 0.1) is 13.7 Å². The second-order valence-electron chi connectivity index (χ2n) is 5.41. The van der Waals surface area contributed by atoms with Gasteiger partial charge in [0.1, 0.15) is 15.5 Å². The fourth-order valence-electron chi connectivity index (χ4n) is 2.07. The minimum atomic E-state index is -3.78. The standard InChI is InChI=1S/C16H18N2O6S2/c1-18(2)26(22,23)14-8-10(4-6-12(14)24-3)15(19)17-9-11-5-7-13(25-11)16(20)21/h4-8H,9H2,1-3H3,(H,17,19)(H,20,21). The Labute approximate surface area is 155 Å². The molecule has 26 heavy (non-hydrogen) atoms. The third kappa shape index (κ3) is 4.21. The molecule has 0 saturated carbocycles. The molecule has 1 aromatic heterocycles. The second-order valence-corrected chi connectivity index (χ2v) is 8.70. The first-order valence-electron chi connectivity index (χ1n) is 7.37. The molecule has 8 nitrogen and oxygen atoms in total. The summed E-state index contributed by atoms with van der Waals surface area (Å²) in [4.78, 5) is 23.9. The van der Waals surface area contributed by atoms with E-state index in [4.69, 9.17) is 9.84 Å². The fourth-order valence-corrected chi connectivity index (χ4v) is 3.93. The van der Waals surface area contributed by atoms with Gasteiger partial charge in [-0.25, -0.2) is 17.5 Å². The molecule has 0 aliphatic heterocycles. The predicted molar refractivity (Wildman–Crippen MR) is 96.3 cm³/mol. The number of nitrogens with zero attached hydrogens (tertiary/aromatic N) is 1. The van der Waals surface area contributed by atoms with Gasteiger partial charge in [0.2, 0.25) is 10.0 Å². The molecule has 1 amide bonds. The second kappa shape index (κ2) is 7.85. The van der Waals surface area contributed by atoms with E-state index in [1.54, 1.807) is 6.07 Å². The first-order valence-corrected chi connectivity index (χ1v) is 9.63. The lowest BCUT2D eigenvalue weighted by molar-refractivity contribution is 0.0702. The highest BCUT2D eigenvalue weighted by Crippen LogP contribution is 2.27. The number of rotatable bonds is 7. The molecule has 140 valence electrons. The molecule has 0 unspecified atom stereocenters. The van der Waals surface area contributed by atoms with Crippen molar-refractivity contribution in [1.29, 1.82) is 0 Å². The number of hydrogen-bond donors (Lipinski definition) is 2. The molecule has 0 spiro atoms. The Balaban J connectivity index is 2.22. The van der Waals surface area contributed by atoms with Crippen LogP contribution in [0.1, 0.15) is 24.9 Å². The summed E-state index contributed by atoms with van der Waals surface area (Å²) in [6, 6.07) is 7.20. The summed E-state index contributed by atoms with van der Waals surface area (Å²) in [7, 11) is 0.338. The molecule has 1 heterocycles. The summed E-state index contributed by atoms with van der Waals surface area (Å²) in [5.41, 5.74) is 0.154. The van der Waals surface area contributed by atoms with Crippen molar-refractivity contribution in [3.05, 3.63) is 45.6 Å². The number of nitrogens with one attached hydrogen (secondary N) is 1. The maximum Gasteiger partial charge on any atom is 0.345 e. The molecule has 2 rings (SSSR count). The van der Waals surface area contributed by atoms with E-state index < -0.39 is 21.9 Å². The predicted octanol–water partition coefficient (Wildman–Crippen LogP) is 1.64. The summed E-state index contributed by atoms with van der Waals surface area (Å²) in [5.74, 6) is -1.37. The van der Waals surface area contributed by atoms with E-state index in [1.807, 2.05) is 0 Å². The van der Waals surface area contributed by atoms with Crippen LogP contribution in [0.15, 0.2) is 35.2 Å². The number of carbonyl (C=O) groups excluding carboxylic acids is 1. The van der Waals surface area contributed by atoms with Gasteiger partial charge in [-0.1, -0.05) is 0 Å². The molecule has 0 bridgehead atoms. The van der Waals surface area contributed by atoms with Gasteiger partial charge in [-0.15, -0.1) is 11.3 Å². The normalized spacial score (nSPS) is 11.4. The minimum absolute atomic E-state index is 0.109.